The quantitative estimate of drug-likeness (QED) is 0.778. The minimum absolute atomic E-state index is 0.507. The van der Waals surface area contributed by atoms with Crippen molar-refractivity contribution in [3.8, 4) is 0 Å². The Morgan fingerprint density at radius 3 is 2.32 bits per heavy atom. The summed E-state index contributed by atoms with van der Waals surface area (Å²) in [4.78, 5) is 0. The standard InChI is InChI=1S/C16H32N2O/c1-2-16(7-9-19-10-8-16)13-18-12-15-5-3-14(11-17)4-6-15/h14-15,18H,2-13,17H2,1H3. The molecule has 0 aromatic rings. The fraction of sp³-hybridized carbons (Fsp3) is 1.00. The van der Waals surface area contributed by atoms with Gasteiger partial charge in [-0.3, -0.25) is 0 Å². The Hall–Kier alpha value is -0.120. The van der Waals surface area contributed by atoms with Crippen LogP contribution in [0.15, 0.2) is 0 Å². The predicted molar refractivity (Wildman–Crippen MR) is 80.1 cm³/mol. The van der Waals surface area contributed by atoms with E-state index in [9.17, 15) is 0 Å². The van der Waals surface area contributed by atoms with Crippen molar-refractivity contribution in [2.24, 2.45) is 23.0 Å². The van der Waals surface area contributed by atoms with Gasteiger partial charge in [0, 0.05) is 19.8 Å². The van der Waals surface area contributed by atoms with Gasteiger partial charge in [-0.15, -0.1) is 0 Å². The third kappa shape index (κ3) is 4.44. The van der Waals surface area contributed by atoms with Crippen LogP contribution in [0.5, 0.6) is 0 Å². The lowest BCUT2D eigenvalue weighted by Gasteiger charge is -2.37. The third-order valence-electron chi connectivity index (χ3n) is 5.54. The van der Waals surface area contributed by atoms with Gasteiger partial charge in [-0.1, -0.05) is 6.92 Å². The lowest BCUT2D eigenvalue weighted by atomic mass is 9.77. The molecule has 0 aromatic carbocycles. The van der Waals surface area contributed by atoms with Crippen LogP contribution in [0.4, 0.5) is 0 Å². The molecule has 1 aliphatic heterocycles. The van der Waals surface area contributed by atoms with Crippen molar-refractivity contribution < 1.29 is 4.74 Å². The first-order valence-corrected chi connectivity index (χ1v) is 8.26. The lowest BCUT2D eigenvalue weighted by molar-refractivity contribution is 0.0122. The van der Waals surface area contributed by atoms with Gasteiger partial charge in [0.25, 0.3) is 0 Å². The van der Waals surface area contributed by atoms with Crippen LogP contribution >= 0.6 is 0 Å². The van der Waals surface area contributed by atoms with E-state index in [1.54, 1.807) is 0 Å². The van der Waals surface area contributed by atoms with Crippen molar-refractivity contribution in [1.82, 2.24) is 5.32 Å². The highest BCUT2D eigenvalue weighted by Gasteiger charge is 2.30. The van der Waals surface area contributed by atoms with E-state index in [2.05, 4.69) is 12.2 Å². The zero-order valence-corrected chi connectivity index (χ0v) is 12.6. The second-order valence-corrected chi connectivity index (χ2v) is 6.72. The van der Waals surface area contributed by atoms with Crippen molar-refractivity contribution in [3.63, 3.8) is 0 Å². The highest BCUT2D eigenvalue weighted by Crippen LogP contribution is 2.33. The van der Waals surface area contributed by atoms with E-state index in [1.165, 1.54) is 58.0 Å². The second-order valence-electron chi connectivity index (χ2n) is 6.72. The molecule has 0 radical (unpaired) electrons. The fourth-order valence-electron chi connectivity index (χ4n) is 3.67. The SMILES string of the molecule is CCC1(CNCC2CCC(CN)CC2)CCOCC1. The maximum absolute atomic E-state index is 5.75. The molecule has 0 aromatic heterocycles. The first-order chi connectivity index (χ1) is 9.28. The minimum Gasteiger partial charge on any atom is -0.381 e. The maximum Gasteiger partial charge on any atom is 0.0471 e. The molecule has 3 N–H and O–H groups in total. The Morgan fingerprint density at radius 1 is 1.11 bits per heavy atom. The van der Waals surface area contributed by atoms with Crippen LogP contribution in [0.2, 0.25) is 0 Å². The molecule has 0 bridgehead atoms. The summed E-state index contributed by atoms with van der Waals surface area (Å²) in [5.41, 5.74) is 6.26. The van der Waals surface area contributed by atoms with Gasteiger partial charge in [0.2, 0.25) is 0 Å². The molecule has 1 saturated heterocycles. The summed E-state index contributed by atoms with van der Waals surface area (Å²) in [6.07, 6.45) is 9.18. The number of nitrogens with two attached hydrogens (primary N) is 1. The van der Waals surface area contributed by atoms with E-state index in [1.807, 2.05) is 0 Å². The summed E-state index contributed by atoms with van der Waals surface area (Å²) in [5, 5.41) is 3.76. The lowest BCUT2D eigenvalue weighted by Crippen LogP contribution is -2.40. The predicted octanol–water partition coefficient (Wildman–Crippen LogP) is 2.55. The van der Waals surface area contributed by atoms with Crippen molar-refractivity contribution in [1.29, 1.82) is 0 Å². The van der Waals surface area contributed by atoms with Crippen LogP contribution in [-0.4, -0.2) is 32.8 Å². The van der Waals surface area contributed by atoms with E-state index in [0.29, 0.717) is 5.41 Å². The summed E-state index contributed by atoms with van der Waals surface area (Å²) in [7, 11) is 0. The van der Waals surface area contributed by atoms with Crippen LogP contribution in [-0.2, 0) is 4.74 Å². The van der Waals surface area contributed by atoms with Crippen LogP contribution in [0.1, 0.15) is 51.9 Å². The molecule has 2 fully saturated rings. The summed E-state index contributed by atoms with van der Waals surface area (Å²) in [6, 6.07) is 0. The molecule has 2 rings (SSSR count). The molecule has 0 spiro atoms. The topological polar surface area (TPSA) is 47.3 Å². The van der Waals surface area contributed by atoms with E-state index in [0.717, 1.165) is 31.6 Å². The minimum atomic E-state index is 0.507. The molecule has 0 atom stereocenters. The molecular formula is C16H32N2O. The van der Waals surface area contributed by atoms with Crippen LogP contribution in [0.3, 0.4) is 0 Å². The molecule has 112 valence electrons. The van der Waals surface area contributed by atoms with E-state index in [4.69, 9.17) is 10.5 Å². The Balaban J connectivity index is 1.65. The van der Waals surface area contributed by atoms with Crippen molar-refractivity contribution in [2.75, 3.05) is 32.8 Å². The van der Waals surface area contributed by atoms with Crippen molar-refractivity contribution in [3.05, 3.63) is 0 Å². The average molecular weight is 268 g/mol. The maximum atomic E-state index is 5.75. The normalized spacial score (nSPS) is 31.3. The number of hydrogen-bond acceptors (Lipinski definition) is 3. The summed E-state index contributed by atoms with van der Waals surface area (Å²) < 4.78 is 5.51. The average Bonchev–Trinajstić information content (AvgIpc) is 2.49. The molecular weight excluding hydrogens is 236 g/mol. The molecule has 1 aliphatic carbocycles. The van der Waals surface area contributed by atoms with Gasteiger partial charge < -0.3 is 15.8 Å². The number of ether oxygens (including phenoxy) is 1. The highest BCUT2D eigenvalue weighted by atomic mass is 16.5. The number of hydrogen-bond donors (Lipinski definition) is 2. The van der Waals surface area contributed by atoms with Gasteiger partial charge in [0.15, 0.2) is 0 Å². The number of nitrogens with one attached hydrogen (secondary N) is 1. The highest BCUT2D eigenvalue weighted by molar-refractivity contribution is 4.83. The Bertz CT molecular complexity index is 243. The van der Waals surface area contributed by atoms with E-state index >= 15 is 0 Å². The Morgan fingerprint density at radius 2 is 1.74 bits per heavy atom. The zero-order chi connectivity index (χ0) is 13.6. The van der Waals surface area contributed by atoms with Crippen LogP contribution < -0.4 is 11.1 Å². The molecule has 3 nitrogen and oxygen atoms in total. The van der Waals surface area contributed by atoms with Gasteiger partial charge >= 0.3 is 0 Å². The van der Waals surface area contributed by atoms with Gasteiger partial charge in [-0.25, -0.2) is 0 Å². The van der Waals surface area contributed by atoms with Crippen LogP contribution in [0.25, 0.3) is 0 Å². The summed E-state index contributed by atoms with van der Waals surface area (Å²) in [5.74, 6) is 1.69. The van der Waals surface area contributed by atoms with Gasteiger partial charge in [0.1, 0.15) is 0 Å². The summed E-state index contributed by atoms with van der Waals surface area (Å²) >= 11 is 0. The van der Waals surface area contributed by atoms with E-state index in [-0.39, 0.29) is 0 Å². The number of rotatable bonds is 6. The molecule has 3 heteroatoms. The summed E-state index contributed by atoms with van der Waals surface area (Å²) in [6.45, 7) is 7.52. The van der Waals surface area contributed by atoms with Gasteiger partial charge in [-0.2, -0.15) is 0 Å². The van der Waals surface area contributed by atoms with Crippen molar-refractivity contribution in [2.45, 2.75) is 51.9 Å². The first kappa shape index (κ1) is 15.3. The first-order valence-electron chi connectivity index (χ1n) is 8.26. The largest absolute Gasteiger partial charge is 0.381 e. The second kappa shape index (κ2) is 7.61. The smallest absolute Gasteiger partial charge is 0.0471 e. The fourth-order valence-corrected chi connectivity index (χ4v) is 3.67. The Labute approximate surface area is 118 Å². The molecule has 1 saturated carbocycles. The Kier molecular flexibility index (Phi) is 6.11. The van der Waals surface area contributed by atoms with Gasteiger partial charge in [0.05, 0.1) is 0 Å². The third-order valence-corrected chi connectivity index (χ3v) is 5.54. The molecule has 1 heterocycles. The van der Waals surface area contributed by atoms with Crippen molar-refractivity contribution >= 4 is 0 Å². The molecule has 0 unspecified atom stereocenters. The van der Waals surface area contributed by atoms with E-state index < -0.39 is 0 Å². The van der Waals surface area contributed by atoms with Gasteiger partial charge in [-0.05, 0) is 75.3 Å². The molecule has 2 aliphatic rings. The molecule has 0 amide bonds. The monoisotopic (exact) mass is 268 g/mol. The zero-order valence-electron chi connectivity index (χ0n) is 12.6. The molecule has 19 heavy (non-hydrogen) atoms. The van der Waals surface area contributed by atoms with Crippen LogP contribution in [0, 0.1) is 17.3 Å².